The number of nitrogens with zero attached hydrogens (tertiary/aromatic N) is 1. The molecular formula is C29H32FN3O4. The second-order valence-corrected chi connectivity index (χ2v) is 10.3. The maximum atomic E-state index is 13.9. The average Bonchev–Trinajstić information content (AvgIpc) is 3.24. The van der Waals surface area contributed by atoms with Gasteiger partial charge in [0.1, 0.15) is 28.5 Å². The van der Waals surface area contributed by atoms with Crippen molar-refractivity contribution in [3.63, 3.8) is 0 Å². The first kappa shape index (κ1) is 26.2. The van der Waals surface area contributed by atoms with Crippen molar-refractivity contribution in [2.24, 2.45) is 7.05 Å². The lowest BCUT2D eigenvalue weighted by Gasteiger charge is -2.22. The Balaban J connectivity index is 1.99. The SMILES string of the molecule is Cc1cc(F)cc(C)c1Oc1ccc(C(C)(C)O)cc1-c1cn(C)c(=O)c2[nH]c(C(=O)NC(C)C)cc12. The lowest BCUT2D eigenvalue weighted by atomic mass is 9.93. The number of halogens is 1. The topological polar surface area (TPSA) is 96.3 Å². The van der Waals surface area contributed by atoms with Crippen LogP contribution in [0.2, 0.25) is 0 Å². The molecule has 0 bridgehead atoms. The summed E-state index contributed by atoms with van der Waals surface area (Å²) in [6.07, 6.45) is 1.68. The third-order valence-electron chi connectivity index (χ3n) is 6.24. The molecule has 0 unspecified atom stereocenters. The normalized spacial score (nSPS) is 11.8. The Labute approximate surface area is 214 Å². The highest BCUT2D eigenvalue weighted by Crippen LogP contribution is 2.40. The minimum atomic E-state index is -1.14. The lowest BCUT2D eigenvalue weighted by molar-refractivity contribution is 0.0786. The first-order chi connectivity index (χ1) is 17.3. The van der Waals surface area contributed by atoms with Gasteiger partial charge in [0.05, 0.1) is 5.60 Å². The third-order valence-corrected chi connectivity index (χ3v) is 6.24. The summed E-state index contributed by atoms with van der Waals surface area (Å²) in [4.78, 5) is 28.7. The van der Waals surface area contributed by atoms with E-state index in [0.29, 0.717) is 44.7 Å². The van der Waals surface area contributed by atoms with Crippen LogP contribution in [0.4, 0.5) is 4.39 Å². The van der Waals surface area contributed by atoms with E-state index >= 15 is 0 Å². The van der Waals surface area contributed by atoms with Crippen LogP contribution < -0.4 is 15.6 Å². The highest BCUT2D eigenvalue weighted by Gasteiger charge is 2.23. The molecule has 2 heterocycles. The van der Waals surface area contributed by atoms with Crippen molar-refractivity contribution >= 4 is 16.8 Å². The highest BCUT2D eigenvalue weighted by molar-refractivity contribution is 6.03. The summed E-state index contributed by atoms with van der Waals surface area (Å²) in [5, 5.41) is 14.1. The van der Waals surface area contributed by atoms with Gasteiger partial charge < -0.3 is 24.7 Å². The largest absolute Gasteiger partial charge is 0.456 e. The van der Waals surface area contributed by atoms with E-state index in [2.05, 4.69) is 10.3 Å². The van der Waals surface area contributed by atoms with E-state index in [4.69, 9.17) is 4.74 Å². The van der Waals surface area contributed by atoms with Crippen molar-refractivity contribution < 1.29 is 19.0 Å². The molecular weight excluding hydrogens is 473 g/mol. The van der Waals surface area contributed by atoms with E-state index in [0.717, 1.165) is 0 Å². The standard InChI is InChI=1S/C29H32FN3O4/c1-15(2)31-27(34)23-13-21-22(14-33(7)28(35)25(21)32-23)20-12-18(29(5,6)36)8-9-24(20)37-26-16(3)10-19(30)11-17(26)4/h8-15,32,36H,1-7H3,(H,31,34). The minimum Gasteiger partial charge on any atom is -0.456 e. The first-order valence-electron chi connectivity index (χ1n) is 12.1. The number of aryl methyl sites for hydroxylation is 3. The van der Waals surface area contributed by atoms with Crippen molar-refractivity contribution in [3.8, 4) is 22.6 Å². The summed E-state index contributed by atoms with van der Waals surface area (Å²) in [6, 6.07) is 9.72. The van der Waals surface area contributed by atoms with Gasteiger partial charge in [0.25, 0.3) is 11.5 Å². The average molecular weight is 506 g/mol. The smallest absolute Gasteiger partial charge is 0.274 e. The van der Waals surface area contributed by atoms with E-state index in [1.807, 2.05) is 19.9 Å². The molecule has 0 saturated carbocycles. The number of amides is 1. The molecule has 0 saturated heterocycles. The maximum absolute atomic E-state index is 13.9. The van der Waals surface area contributed by atoms with Crippen LogP contribution >= 0.6 is 0 Å². The second kappa shape index (κ2) is 9.52. The zero-order chi connectivity index (χ0) is 27.2. The van der Waals surface area contributed by atoms with Gasteiger partial charge in [0.15, 0.2) is 0 Å². The number of carbonyl (C=O) groups is 1. The molecule has 7 nitrogen and oxygen atoms in total. The van der Waals surface area contributed by atoms with Crippen molar-refractivity contribution in [2.75, 3.05) is 0 Å². The summed E-state index contributed by atoms with van der Waals surface area (Å²) in [5.74, 6) is 0.309. The van der Waals surface area contributed by atoms with E-state index < -0.39 is 5.60 Å². The number of fused-ring (bicyclic) bond motifs is 1. The predicted molar refractivity (Wildman–Crippen MR) is 143 cm³/mol. The Morgan fingerprint density at radius 1 is 1.11 bits per heavy atom. The Bertz CT molecular complexity index is 1550. The van der Waals surface area contributed by atoms with Crippen molar-refractivity contribution in [3.05, 3.63) is 81.2 Å². The van der Waals surface area contributed by atoms with Gasteiger partial charge in [-0.05, 0) is 88.6 Å². The molecule has 2 aromatic heterocycles. The monoisotopic (exact) mass is 505 g/mol. The maximum Gasteiger partial charge on any atom is 0.274 e. The van der Waals surface area contributed by atoms with E-state index in [1.54, 1.807) is 59.1 Å². The summed E-state index contributed by atoms with van der Waals surface area (Å²) in [7, 11) is 1.63. The van der Waals surface area contributed by atoms with Crippen molar-refractivity contribution in [2.45, 2.75) is 53.2 Å². The number of nitrogens with one attached hydrogen (secondary N) is 2. The third kappa shape index (κ3) is 5.15. The molecule has 4 rings (SSSR count). The molecule has 1 amide bonds. The highest BCUT2D eigenvalue weighted by atomic mass is 19.1. The zero-order valence-corrected chi connectivity index (χ0v) is 22.1. The number of hydrogen-bond acceptors (Lipinski definition) is 4. The Kier molecular flexibility index (Phi) is 6.73. The molecule has 2 aromatic carbocycles. The number of ether oxygens (including phenoxy) is 1. The van der Waals surface area contributed by atoms with Crippen molar-refractivity contribution in [1.82, 2.24) is 14.9 Å². The summed E-state index contributed by atoms with van der Waals surface area (Å²) in [6.45, 7) is 10.6. The number of hydrogen-bond donors (Lipinski definition) is 3. The number of H-pyrrole nitrogens is 1. The molecule has 0 aliphatic carbocycles. The molecule has 0 fully saturated rings. The van der Waals surface area contributed by atoms with Crippen LogP contribution in [0.25, 0.3) is 22.0 Å². The number of aromatic amines is 1. The summed E-state index contributed by atoms with van der Waals surface area (Å²) < 4.78 is 21.7. The van der Waals surface area contributed by atoms with Gasteiger partial charge in [-0.25, -0.2) is 4.39 Å². The molecule has 4 aromatic rings. The molecule has 0 atom stereocenters. The van der Waals surface area contributed by atoms with Gasteiger partial charge in [-0.1, -0.05) is 6.07 Å². The Hall–Kier alpha value is -3.91. The molecule has 0 radical (unpaired) electrons. The molecule has 194 valence electrons. The van der Waals surface area contributed by atoms with Gasteiger partial charge in [-0.15, -0.1) is 0 Å². The Morgan fingerprint density at radius 2 is 1.76 bits per heavy atom. The predicted octanol–water partition coefficient (Wildman–Crippen LogP) is 5.45. The fourth-order valence-electron chi connectivity index (χ4n) is 4.39. The molecule has 37 heavy (non-hydrogen) atoms. The number of aliphatic hydroxyl groups is 1. The summed E-state index contributed by atoms with van der Waals surface area (Å²) >= 11 is 0. The van der Waals surface area contributed by atoms with Crippen LogP contribution in [-0.4, -0.2) is 26.6 Å². The molecule has 0 spiro atoms. The van der Waals surface area contributed by atoms with Crippen LogP contribution in [0.1, 0.15) is 54.9 Å². The summed E-state index contributed by atoms with van der Waals surface area (Å²) in [5.41, 5.74) is 2.27. The van der Waals surface area contributed by atoms with Crippen LogP contribution in [0, 0.1) is 19.7 Å². The van der Waals surface area contributed by atoms with Gasteiger partial charge in [-0.3, -0.25) is 9.59 Å². The van der Waals surface area contributed by atoms with E-state index in [9.17, 15) is 19.1 Å². The van der Waals surface area contributed by atoms with Gasteiger partial charge in [0.2, 0.25) is 0 Å². The second-order valence-electron chi connectivity index (χ2n) is 10.3. The number of carbonyl (C=O) groups excluding carboxylic acids is 1. The quantitative estimate of drug-likeness (QED) is 0.325. The van der Waals surface area contributed by atoms with Gasteiger partial charge >= 0.3 is 0 Å². The van der Waals surface area contributed by atoms with Crippen LogP contribution in [0.5, 0.6) is 11.5 Å². The van der Waals surface area contributed by atoms with E-state index in [-0.39, 0.29) is 34.5 Å². The van der Waals surface area contributed by atoms with Gasteiger partial charge in [-0.2, -0.15) is 0 Å². The zero-order valence-electron chi connectivity index (χ0n) is 22.1. The van der Waals surface area contributed by atoms with Crippen LogP contribution in [0.3, 0.4) is 0 Å². The van der Waals surface area contributed by atoms with E-state index in [1.165, 1.54) is 16.7 Å². The van der Waals surface area contributed by atoms with Crippen LogP contribution in [-0.2, 0) is 12.6 Å². The Morgan fingerprint density at radius 3 is 2.35 bits per heavy atom. The molecule has 8 heteroatoms. The molecule has 0 aliphatic rings. The number of benzene rings is 2. The number of rotatable bonds is 6. The molecule has 0 aliphatic heterocycles. The fraction of sp³-hybridized carbons (Fsp3) is 0.310. The number of pyridine rings is 1. The molecule has 3 N–H and O–H groups in total. The fourth-order valence-corrected chi connectivity index (χ4v) is 4.39. The van der Waals surface area contributed by atoms with Crippen molar-refractivity contribution in [1.29, 1.82) is 0 Å². The van der Waals surface area contributed by atoms with Crippen LogP contribution in [0.15, 0.2) is 47.4 Å². The van der Waals surface area contributed by atoms with Gasteiger partial charge in [0, 0.05) is 35.8 Å². The first-order valence-corrected chi connectivity index (χ1v) is 12.1. The minimum absolute atomic E-state index is 0.0770. The lowest BCUT2D eigenvalue weighted by Crippen LogP contribution is -2.30. The number of aromatic nitrogens is 2.